The van der Waals surface area contributed by atoms with E-state index < -0.39 is 0 Å². The number of urea groups is 1. The molecule has 0 spiro atoms. The summed E-state index contributed by atoms with van der Waals surface area (Å²) in [5.74, 6) is 0. The van der Waals surface area contributed by atoms with Gasteiger partial charge in [0.1, 0.15) is 0 Å². The Labute approximate surface area is 109 Å². The second-order valence-electron chi connectivity index (χ2n) is 5.19. The van der Waals surface area contributed by atoms with Gasteiger partial charge in [-0.3, -0.25) is 4.90 Å². The highest BCUT2D eigenvalue weighted by molar-refractivity contribution is 5.74. The highest BCUT2D eigenvalue weighted by Gasteiger charge is 2.16. The summed E-state index contributed by atoms with van der Waals surface area (Å²) < 4.78 is 5.30. The predicted octanol–water partition coefficient (Wildman–Crippen LogP) is 0.950. The molecular weight excluding hydrogens is 230 g/mol. The third-order valence-corrected chi connectivity index (χ3v) is 3.73. The molecule has 0 unspecified atom stereocenters. The Bertz CT molecular complexity index is 249. The van der Waals surface area contributed by atoms with Crippen LogP contribution in [-0.2, 0) is 4.74 Å². The fraction of sp³-hybridized carbons (Fsp3) is 0.923. The zero-order valence-corrected chi connectivity index (χ0v) is 11.1. The minimum atomic E-state index is 0.00359. The minimum Gasteiger partial charge on any atom is -0.379 e. The topological polar surface area (TPSA) is 53.6 Å². The summed E-state index contributed by atoms with van der Waals surface area (Å²) in [5, 5.41) is 5.97. The van der Waals surface area contributed by atoms with E-state index in [1.165, 1.54) is 12.8 Å². The third kappa shape index (κ3) is 4.82. The molecule has 0 radical (unpaired) electrons. The first-order valence-corrected chi connectivity index (χ1v) is 7.19. The summed E-state index contributed by atoms with van der Waals surface area (Å²) in [6.07, 6.45) is 5.80. The Hall–Kier alpha value is -0.810. The summed E-state index contributed by atoms with van der Waals surface area (Å²) in [5.41, 5.74) is 0. The lowest BCUT2D eigenvalue weighted by Crippen LogP contribution is -2.42. The summed E-state index contributed by atoms with van der Waals surface area (Å²) in [6, 6.07) is 0.410. The minimum absolute atomic E-state index is 0.00359. The van der Waals surface area contributed by atoms with Crippen LogP contribution in [0.2, 0.25) is 0 Å². The molecule has 0 aromatic carbocycles. The molecule has 1 saturated heterocycles. The van der Waals surface area contributed by atoms with E-state index in [9.17, 15) is 4.79 Å². The average molecular weight is 255 g/mol. The maximum Gasteiger partial charge on any atom is 0.315 e. The number of ether oxygens (including phenoxy) is 1. The number of nitrogens with one attached hydrogen (secondary N) is 2. The average Bonchev–Trinajstić information content (AvgIpc) is 2.89. The molecule has 1 aliphatic heterocycles. The van der Waals surface area contributed by atoms with Gasteiger partial charge in [-0.2, -0.15) is 0 Å². The molecule has 104 valence electrons. The molecular formula is C13H25N3O2. The number of hydrogen-bond donors (Lipinski definition) is 2. The largest absolute Gasteiger partial charge is 0.379 e. The number of rotatable bonds is 5. The molecule has 5 nitrogen and oxygen atoms in total. The van der Waals surface area contributed by atoms with Crippen molar-refractivity contribution in [3.63, 3.8) is 0 Å². The molecule has 0 aromatic heterocycles. The lowest BCUT2D eigenvalue weighted by atomic mass is 10.2. The summed E-state index contributed by atoms with van der Waals surface area (Å²) in [6.45, 7) is 5.54. The number of amides is 2. The Morgan fingerprint density at radius 3 is 2.67 bits per heavy atom. The van der Waals surface area contributed by atoms with Gasteiger partial charge >= 0.3 is 6.03 Å². The van der Waals surface area contributed by atoms with Crippen molar-refractivity contribution in [3.05, 3.63) is 0 Å². The summed E-state index contributed by atoms with van der Waals surface area (Å²) in [4.78, 5) is 14.0. The van der Waals surface area contributed by atoms with Crippen LogP contribution in [0, 0.1) is 0 Å². The molecule has 1 heterocycles. The fourth-order valence-electron chi connectivity index (χ4n) is 2.64. The molecule has 0 aromatic rings. The quantitative estimate of drug-likeness (QED) is 0.719. The molecule has 0 atom stereocenters. The summed E-state index contributed by atoms with van der Waals surface area (Å²) in [7, 11) is 0. The normalized spacial score (nSPS) is 22.0. The van der Waals surface area contributed by atoms with Crippen LogP contribution in [-0.4, -0.2) is 56.4 Å². The van der Waals surface area contributed by atoms with Gasteiger partial charge in [0.25, 0.3) is 0 Å². The van der Waals surface area contributed by atoms with Crippen LogP contribution >= 0.6 is 0 Å². The van der Waals surface area contributed by atoms with Crippen LogP contribution in [0.4, 0.5) is 4.79 Å². The van der Waals surface area contributed by atoms with Crippen molar-refractivity contribution < 1.29 is 9.53 Å². The lowest BCUT2D eigenvalue weighted by molar-refractivity contribution is 0.0375. The maximum atomic E-state index is 11.6. The van der Waals surface area contributed by atoms with E-state index in [4.69, 9.17) is 4.74 Å². The van der Waals surface area contributed by atoms with Gasteiger partial charge in [-0.1, -0.05) is 12.8 Å². The molecule has 5 heteroatoms. The SMILES string of the molecule is O=C(NCCCN1CCOCC1)NC1CCCC1. The predicted molar refractivity (Wildman–Crippen MR) is 70.7 cm³/mol. The molecule has 2 amide bonds. The van der Waals surface area contributed by atoms with Crippen molar-refractivity contribution >= 4 is 6.03 Å². The van der Waals surface area contributed by atoms with Gasteiger partial charge < -0.3 is 15.4 Å². The molecule has 0 bridgehead atoms. The molecule has 2 N–H and O–H groups in total. The second kappa shape index (κ2) is 7.59. The van der Waals surface area contributed by atoms with Crippen molar-refractivity contribution in [3.8, 4) is 0 Å². The highest BCUT2D eigenvalue weighted by Crippen LogP contribution is 2.17. The highest BCUT2D eigenvalue weighted by atomic mass is 16.5. The van der Waals surface area contributed by atoms with E-state index in [0.717, 1.165) is 58.7 Å². The lowest BCUT2D eigenvalue weighted by Gasteiger charge is -2.26. The van der Waals surface area contributed by atoms with E-state index in [2.05, 4.69) is 15.5 Å². The molecule has 1 aliphatic carbocycles. The van der Waals surface area contributed by atoms with Crippen LogP contribution in [0.3, 0.4) is 0 Å². The van der Waals surface area contributed by atoms with Crippen molar-refractivity contribution in [1.29, 1.82) is 0 Å². The van der Waals surface area contributed by atoms with Crippen molar-refractivity contribution in [1.82, 2.24) is 15.5 Å². The Balaban J connectivity index is 1.47. The van der Waals surface area contributed by atoms with E-state index in [-0.39, 0.29) is 6.03 Å². The van der Waals surface area contributed by atoms with E-state index in [1.54, 1.807) is 0 Å². The third-order valence-electron chi connectivity index (χ3n) is 3.73. The van der Waals surface area contributed by atoms with Crippen LogP contribution in [0.25, 0.3) is 0 Å². The zero-order valence-electron chi connectivity index (χ0n) is 11.1. The summed E-state index contributed by atoms with van der Waals surface area (Å²) >= 11 is 0. The zero-order chi connectivity index (χ0) is 12.6. The molecule has 1 saturated carbocycles. The number of hydrogen-bond acceptors (Lipinski definition) is 3. The number of nitrogens with zero attached hydrogens (tertiary/aromatic N) is 1. The standard InChI is InChI=1S/C13H25N3O2/c17-13(15-12-4-1-2-5-12)14-6-3-7-16-8-10-18-11-9-16/h12H,1-11H2,(H2,14,15,17). The van der Waals surface area contributed by atoms with Crippen LogP contribution in [0.15, 0.2) is 0 Å². The number of carbonyl (C=O) groups is 1. The van der Waals surface area contributed by atoms with E-state index in [0.29, 0.717) is 6.04 Å². The number of morpholine rings is 1. The van der Waals surface area contributed by atoms with E-state index in [1.807, 2.05) is 0 Å². The van der Waals surface area contributed by atoms with Gasteiger partial charge in [0, 0.05) is 25.7 Å². The molecule has 2 fully saturated rings. The first-order valence-electron chi connectivity index (χ1n) is 7.19. The smallest absolute Gasteiger partial charge is 0.315 e. The first kappa shape index (κ1) is 13.6. The van der Waals surface area contributed by atoms with Crippen molar-refractivity contribution in [2.75, 3.05) is 39.4 Å². The Kier molecular flexibility index (Phi) is 5.74. The van der Waals surface area contributed by atoms with Crippen LogP contribution in [0.5, 0.6) is 0 Å². The monoisotopic (exact) mass is 255 g/mol. The molecule has 2 aliphatic rings. The van der Waals surface area contributed by atoms with Crippen molar-refractivity contribution in [2.24, 2.45) is 0 Å². The fourth-order valence-corrected chi connectivity index (χ4v) is 2.64. The van der Waals surface area contributed by atoms with Gasteiger partial charge in [-0.15, -0.1) is 0 Å². The van der Waals surface area contributed by atoms with Crippen LogP contribution < -0.4 is 10.6 Å². The first-order chi connectivity index (χ1) is 8.84. The van der Waals surface area contributed by atoms with Crippen LogP contribution in [0.1, 0.15) is 32.1 Å². The van der Waals surface area contributed by atoms with Gasteiger partial charge in [-0.25, -0.2) is 4.79 Å². The Morgan fingerprint density at radius 1 is 1.22 bits per heavy atom. The van der Waals surface area contributed by atoms with Gasteiger partial charge in [0.2, 0.25) is 0 Å². The van der Waals surface area contributed by atoms with Gasteiger partial charge in [-0.05, 0) is 25.8 Å². The Morgan fingerprint density at radius 2 is 1.94 bits per heavy atom. The van der Waals surface area contributed by atoms with Crippen molar-refractivity contribution in [2.45, 2.75) is 38.1 Å². The van der Waals surface area contributed by atoms with Gasteiger partial charge in [0.05, 0.1) is 13.2 Å². The second-order valence-corrected chi connectivity index (χ2v) is 5.19. The van der Waals surface area contributed by atoms with E-state index >= 15 is 0 Å². The molecule has 18 heavy (non-hydrogen) atoms. The molecule has 2 rings (SSSR count). The number of carbonyl (C=O) groups excluding carboxylic acids is 1. The maximum absolute atomic E-state index is 11.6. The van der Waals surface area contributed by atoms with Gasteiger partial charge in [0.15, 0.2) is 0 Å².